The zero-order valence-electron chi connectivity index (χ0n) is 18.6. The molecule has 0 aromatic heterocycles. The molecule has 0 radical (unpaired) electrons. The number of anilines is 1. The van der Waals surface area contributed by atoms with Crippen LogP contribution in [0, 0.1) is 0 Å². The normalized spacial score (nSPS) is 17.1. The molecule has 3 aromatic rings. The minimum atomic E-state index is -0.432. The van der Waals surface area contributed by atoms with Crippen LogP contribution in [0.5, 0.6) is 5.75 Å². The summed E-state index contributed by atoms with van der Waals surface area (Å²) in [7, 11) is 1.66. The molecule has 2 unspecified atom stereocenters. The second-order valence-electron chi connectivity index (χ2n) is 8.25. The summed E-state index contributed by atoms with van der Waals surface area (Å²) >= 11 is 0. The monoisotopic (exact) mass is 430 g/mol. The lowest BCUT2D eigenvalue weighted by Gasteiger charge is -2.39. The Hall–Kier alpha value is -3.15. The number of hydrogen-bond acceptors (Lipinski definition) is 5. The quantitative estimate of drug-likeness (QED) is 0.556. The molecule has 2 atom stereocenters. The van der Waals surface area contributed by atoms with Crippen LogP contribution in [0.15, 0.2) is 72.8 Å². The Morgan fingerprint density at radius 1 is 1.12 bits per heavy atom. The highest BCUT2D eigenvalue weighted by atomic mass is 16.5. The number of piperazine rings is 1. The van der Waals surface area contributed by atoms with Crippen molar-refractivity contribution >= 4 is 11.5 Å². The molecule has 1 saturated heterocycles. The van der Waals surface area contributed by atoms with Gasteiger partial charge in [-0.1, -0.05) is 36.4 Å². The molecule has 166 valence electrons. The third-order valence-corrected chi connectivity index (χ3v) is 6.07. The lowest BCUT2D eigenvalue weighted by Crippen LogP contribution is -2.56. The number of methoxy groups -OCH3 is 1. The lowest BCUT2D eigenvalue weighted by atomic mass is 9.97. The van der Waals surface area contributed by atoms with Crippen LogP contribution in [-0.4, -0.2) is 49.8 Å². The van der Waals surface area contributed by atoms with Crippen LogP contribution in [0.25, 0.3) is 11.1 Å². The number of ketones is 1. The smallest absolute Gasteiger partial charge is 0.167 e. The predicted molar refractivity (Wildman–Crippen MR) is 129 cm³/mol. The van der Waals surface area contributed by atoms with E-state index in [0.29, 0.717) is 12.0 Å². The molecule has 5 heteroatoms. The van der Waals surface area contributed by atoms with Crippen molar-refractivity contribution in [1.82, 2.24) is 5.32 Å². The van der Waals surface area contributed by atoms with Crippen LogP contribution >= 0.6 is 0 Å². The van der Waals surface area contributed by atoms with Gasteiger partial charge in [-0.25, -0.2) is 0 Å². The number of nitrogens with one attached hydrogen (secondary N) is 1. The Bertz CT molecular complexity index is 1050. The first-order valence-corrected chi connectivity index (χ1v) is 11.1. The zero-order chi connectivity index (χ0) is 22.5. The molecule has 0 bridgehead atoms. The van der Waals surface area contributed by atoms with E-state index in [0.717, 1.165) is 47.8 Å². The Kier molecular flexibility index (Phi) is 6.88. The van der Waals surface area contributed by atoms with Crippen molar-refractivity contribution in [2.75, 3.05) is 31.6 Å². The minimum absolute atomic E-state index is 0.0287. The Morgan fingerprint density at radius 3 is 2.56 bits per heavy atom. The molecule has 0 saturated carbocycles. The van der Waals surface area contributed by atoms with Crippen molar-refractivity contribution in [3.8, 4) is 16.9 Å². The van der Waals surface area contributed by atoms with Gasteiger partial charge in [0.2, 0.25) is 0 Å². The van der Waals surface area contributed by atoms with E-state index in [1.807, 2.05) is 79.7 Å². The second-order valence-corrected chi connectivity index (χ2v) is 8.25. The maximum absolute atomic E-state index is 13.0. The third-order valence-electron chi connectivity index (χ3n) is 6.07. The van der Waals surface area contributed by atoms with Gasteiger partial charge in [-0.05, 0) is 54.4 Å². The molecule has 5 nitrogen and oxygen atoms in total. The number of aliphatic hydroxyl groups excluding tert-OH is 1. The Labute approximate surface area is 189 Å². The van der Waals surface area contributed by atoms with Gasteiger partial charge in [0.25, 0.3) is 0 Å². The summed E-state index contributed by atoms with van der Waals surface area (Å²) in [4.78, 5) is 15.2. The van der Waals surface area contributed by atoms with Gasteiger partial charge in [-0.2, -0.15) is 0 Å². The summed E-state index contributed by atoms with van der Waals surface area (Å²) in [6.07, 6.45) is -0.106. The van der Waals surface area contributed by atoms with Crippen LogP contribution in [0.3, 0.4) is 0 Å². The van der Waals surface area contributed by atoms with Gasteiger partial charge >= 0.3 is 0 Å². The second kappa shape index (κ2) is 9.98. The molecule has 0 spiro atoms. The number of carbonyl (C=O) groups excluding carboxylic acids is 1. The lowest BCUT2D eigenvalue weighted by molar-refractivity contribution is 0.0993. The Morgan fingerprint density at radius 2 is 1.88 bits per heavy atom. The number of nitrogens with zero attached hydrogens (tertiary/aromatic N) is 1. The van der Waals surface area contributed by atoms with Crippen LogP contribution in [-0.2, 0) is 6.42 Å². The average molecular weight is 431 g/mol. The van der Waals surface area contributed by atoms with E-state index in [-0.39, 0.29) is 11.8 Å². The van der Waals surface area contributed by atoms with Crippen LogP contribution in [0.2, 0.25) is 0 Å². The molecule has 0 amide bonds. The number of ether oxygens (including phenoxy) is 1. The fourth-order valence-electron chi connectivity index (χ4n) is 4.31. The molecular weight excluding hydrogens is 400 g/mol. The number of rotatable bonds is 7. The summed E-state index contributed by atoms with van der Waals surface area (Å²) in [5.41, 5.74) is 4.72. The van der Waals surface area contributed by atoms with E-state index in [4.69, 9.17) is 4.74 Å². The summed E-state index contributed by atoms with van der Waals surface area (Å²) in [5.74, 6) is 0.869. The maximum atomic E-state index is 13.0. The minimum Gasteiger partial charge on any atom is -0.496 e. The van der Waals surface area contributed by atoms with Gasteiger partial charge < -0.3 is 20.1 Å². The molecule has 32 heavy (non-hydrogen) atoms. The van der Waals surface area contributed by atoms with E-state index in [1.54, 1.807) is 7.11 Å². The molecule has 1 aliphatic rings. The highest BCUT2D eigenvalue weighted by Crippen LogP contribution is 2.31. The van der Waals surface area contributed by atoms with Gasteiger partial charge in [0, 0.05) is 42.9 Å². The summed E-state index contributed by atoms with van der Waals surface area (Å²) in [5, 5.41) is 13.4. The maximum Gasteiger partial charge on any atom is 0.167 e. The molecule has 4 rings (SSSR count). The largest absolute Gasteiger partial charge is 0.496 e. The molecule has 3 aromatic carbocycles. The first-order chi connectivity index (χ1) is 15.6. The highest BCUT2D eigenvalue weighted by molar-refractivity contribution is 5.98. The summed E-state index contributed by atoms with van der Waals surface area (Å²) in [6, 6.07) is 23.7. The van der Waals surface area contributed by atoms with E-state index in [9.17, 15) is 9.90 Å². The van der Waals surface area contributed by atoms with Crippen molar-refractivity contribution in [3.05, 3.63) is 83.9 Å². The van der Waals surface area contributed by atoms with Gasteiger partial charge in [-0.3, -0.25) is 4.79 Å². The van der Waals surface area contributed by atoms with Crippen LogP contribution < -0.4 is 15.0 Å². The number of aliphatic hydroxyl groups is 1. The summed E-state index contributed by atoms with van der Waals surface area (Å²) < 4.78 is 5.53. The van der Waals surface area contributed by atoms with Gasteiger partial charge in [0.05, 0.1) is 19.3 Å². The topological polar surface area (TPSA) is 61.8 Å². The van der Waals surface area contributed by atoms with Crippen LogP contribution in [0.1, 0.15) is 22.8 Å². The fraction of sp³-hybridized carbons (Fsp3) is 0.296. The molecular formula is C27H30N2O3. The van der Waals surface area contributed by atoms with Crippen LogP contribution in [0.4, 0.5) is 5.69 Å². The van der Waals surface area contributed by atoms with E-state index in [1.165, 1.54) is 0 Å². The standard InChI is InChI=1S/C27H30N2O3/c1-19(30)25-18-28-14-15-29(25)23-11-9-22(10-12-23)26(31)17-20-8-13-27(32-2)24(16-20)21-6-4-3-5-7-21/h3-13,16,19,25,28,30H,14-15,17-18H2,1-2H3. The number of hydrogen-bond donors (Lipinski definition) is 2. The van der Waals surface area contributed by atoms with Crippen molar-refractivity contribution < 1.29 is 14.6 Å². The van der Waals surface area contributed by atoms with Gasteiger partial charge in [0.1, 0.15) is 5.75 Å². The zero-order valence-corrected chi connectivity index (χ0v) is 18.6. The molecule has 1 heterocycles. The molecule has 2 N–H and O–H groups in total. The Balaban J connectivity index is 1.51. The molecule has 1 fully saturated rings. The van der Waals surface area contributed by atoms with Crippen molar-refractivity contribution in [2.45, 2.75) is 25.5 Å². The van der Waals surface area contributed by atoms with E-state index >= 15 is 0 Å². The van der Waals surface area contributed by atoms with Crippen molar-refractivity contribution in [1.29, 1.82) is 0 Å². The van der Waals surface area contributed by atoms with Gasteiger partial charge in [-0.15, -0.1) is 0 Å². The van der Waals surface area contributed by atoms with Gasteiger partial charge in [0.15, 0.2) is 5.78 Å². The molecule has 0 aliphatic carbocycles. The third kappa shape index (κ3) is 4.85. The average Bonchev–Trinajstić information content (AvgIpc) is 2.84. The number of carbonyl (C=O) groups is 1. The fourth-order valence-corrected chi connectivity index (χ4v) is 4.31. The van der Waals surface area contributed by atoms with E-state index in [2.05, 4.69) is 10.2 Å². The highest BCUT2D eigenvalue weighted by Gasteiger charge is 2.26. The SMILES string of the molecule is COc1ccc(CC(=O)c2ccc(N3CCNCC3C(C)O)cc2)cc1-c1ccccc1. The number of Topliss-reactive ketones (excluding diaryl/α,β-unsaturated/α-hetero) is 1. The summed E-state index contributed by atoms with van der Waals surface area (Å²) in [6.45, 7) is 4.28. The first kappa shape index (κ1) is 22.1. The number of benzene rings is 3. The van der Waals surface area contributed by atoms with Crippen molar-refractivity contribution in [3.63, 3.8) is 0 Å². The van der Waals surface area contributed by atoms with E-state index < -0.39 is 6.10 Å². The first-order valence-electron chi connectivity index (χ1n) is 11.1. The molecule has 1 aliphatic heterocycles. The predicted octanol–water partition coefficient (Wildman–Crippen LogP) is 3.95. The van der Waals surface area contributed by atoms with Crippen molar-refractivity contribution in [2.24, 2.45) is 0 Å².